The summed E-state index contributed by atoms with van der Waals surface area (Å²) in [5, 5.41) is 38.9. The van der Waals surface area contributed by atoms with E-state index in [0.29, 0.717) is 0 Å². The van der Waals surface area contributed by atoms with E-state index in [1.165, 1.54) is 0 Å². The fourth-order valence-electron chi connectivity index (χ4n) is 0.684. The van der Waals surface area contributed by atoms with Crippen molar-refractivity contribution in [1.82, 2.24) is 0 Å². The Bertz CT molecular complexity index is 241. The average molecular weight is 478 g/mol. The average Bonchev–Trinajstić information content (AvgIpc) is 1.82. The molecule has 0 aromatic rings. The second-order valence-corrected chi connectivity index (χ2v) is 2.42. The van der Waals surface area contributed by atoms with Gasteiger partial charge in [0.15, 0.2) is 0 Å². The Balaban J connectivity index is -0.000000240. The third-order valence-corrected chi connectivity index (χ3v) is 1.25. The van der Waals surface area contributed by atoms with Crippen LogP contribution in [0.25, 0.3) is 0 Å². The van der Waals surface area contributed by atoms with E-state index >= 15 is 0 Å². The van der Waals surface area contributed by atoms with E-state index in [-0.39, 0.29) is 102 Å². The number of aliphatic carboxylic acids is 3. The van der Waals surface area contributed by atoms with Crippen molar-refractivity contribution in [2.75, 3.05) is 0 Å². The van der Waals surface area contributed by atoms with Crippen LogP contribution in [-0.2, 0) is 14.4 Å². The van der Waals surface area contributed by atoms with Gasteiger partial charge in [-0.25, -0.2) is 0 Å². The summed E-state index contributed by atoms with van der Waals surface area (Å²) in [5.41, 5.74) is -2.97. The fraction of sp³-hybridized carbons (Fsp3) is 0.500. The fourth-order valence-corrected chi connectivity index (χ4v) is 0.684. The molecule has 2 radical (unpaired) electrons. The maximum Gasteiger partial charge on any atom is 3.00 e. The van der Waals surface area contributed by atoms with Crippen molar-refractivity contribution in [3.05, 3.63) is 0 Å². The summed E-state index contributed by atoms with van der Waals surface area (Å²) < 4.78 is 0. The van der Waals surface area contributed by atoms with Gasteiger partial charge in [-0.2, -0.15) is 0 Å². The molecule has 0 atom stereocenters. The van der Waals surface area contributed by atoms with Crippen LogP contribution in [0.2, 0.25) is 0 Å². The minimum atomic E-state index is -2.97. The van der Waals surface area contributed by atoms with Gasteiger partial charge in [-0.1, -0.05) is 0 Å². The predicted molar refractivity (Wildman–Crippen MR) is 46.5 cm³/mol. The molecule has 0 unspecified atom stereocenters. The molecule has 0 heterocycles. The minimum Gasteiger partial charge on any atom is -0.550 e. The van der Waals surface area contributed by atoms with Gasteiger partial charge in [0.05, 0.1) is 5.97 Å². The van der Waals surface area contributed by atoms with Gasteiger partial charge in [-0.3, -0.25) is 0 Å². The second kappa shape index (κ2) is 11.8. The number of aliphatic hydroxyl groups is 1. The normalized spacial score (nSPS) is 8.81. The maximum absolute atomic E-state index is 10.1. The summed E-state index contributed by atoms with van der Waals surface area (Å²) in [5.74, 6) is -5.98. The molecule has 0 rings (SSSR count). The van der Waals surface area contributed by atoms with Crippen molar-refractivity contribution in [2.24, 2.45) is 0 Å². The number of carbonyl (C=O) groups is 3. The van der Waals surface area contributed by atoms with Crippen LogP contribution in [0.5, 0.6) is 0 Å². The quantitative estimate of drug-likeness (QED) is 0.388. The molecule has 0 fully saturated rings. The Labute approximate surface area is 170 Å². The molecule has 0 aliphatic rings. The van der Waals surface area contributed by atoms with Crippen molar-refractivity contribution in [1.29, 1.82) is 0 Å². The molecule has 0 aromatic carbocycles. The first-order chi connectivity index (χ1) is 5.78. The van der Waals surface area contributed by atoms with Crippen molar-refractivity contribution in [2.45, 2.75) is 18.4 Å². The van der Waals surface area contributed by atoms with Crippen molar-refractivity contribution in [3.63, 3.8) is 0 Å². The third kappa shape index (κ3) is 10.9. The number of carbonyl (C=O) groups excluding carboxylic acids is 3. The van der Waals surface area contributed by atoms with Crippen LogP contribution in [0.3, 0.4) is 0 Å². The first-order valence-corrected chi connectivity index (χ1v) is 3.11. The zero-order valence-corrected chi connectivity index (χ0v) is 16.1. The molecular formula is C6H5BiCa2O7+4. The van der Waals surface area contributed by atoms with E-state index in [2.05, 4.69) is 0 Å². The van der Waals surface area contributed by atoms with Gasteiger partial charge < -0.3 is 34.8 Å². The summed E-state index contributed by atoms with van der Waals surface area (Å²) in [6.07, 6.45) is -2.72. The van der Waals surface area contributed by atoms with Crippen LogP contribution >= 0.6 is 0 Å². The minimum absolute atomic E-state index is 0. The molecule has 0 aliphatic carbocycles. The first kappa shape index (κ1) is 26.4. The number of carboxylic acids is 3. The van der Waals surface area contributed by atoms with E-state index in [9.17, 15) is 29.7 Å². The van der Waals surface area contributed by atoms with E-state index < -0.39 is 36.4 Å². The van der Waals surface area contributed by atoms with Gasteiger partial charge in [-0.15, -0.1) is 0 Å². The largest absolute Gasteiger partial charge is 3.00 e. The molecule has 76 valence electrons. The van der Waals surface area contributed by atoms with E-state index in [1.54, 1.807) is 0 Å². The Hall–Kier alpha value is 1.77. The zero-order valence-electron chi connectivity index (χ0n) is 8.17. The van der Waals surface area contributed by atoms with Crippen LogP contribution < -0.4 is 15.3 Å². The second-order valence-electron chi connectivity index (χ2n) is 2.42. The third-order valence-electron chi connectivity index (χ3n) is 1.25. The molecule has 0 amide bonds. The molecule has 16 heavy (non-hydrogen) atoms. The topological polar surface area (TPSA) is 141 Å². The van der Waals surface area contributed by atoms with Crippen LogP contribution in [0, 0.1) is 0 Å². The zero-order chi connectivity index (χ0) is 10.6. The van der Waals surface area contributed by atoms with Crippen LogP contribution in [0.15, 0.2) is 0 Å². The van der Waals surface area contributed by atoms with Crippen molar-refractivity contribution < 1.29 is 34.8 Å². The van der Waals surface area contributed by atoms with Gasteiger partial charge in [-0.05, 0) is 0 Å². The predicted octanol–water partition coefficient (Wildman–Crippen LogP) is -6.39. The van der Waals surface area contributed by atoms with Gasteiger partial charge in [0.2, 0.25) is 0 Å². The SMILES string of the molecule is O=C([O-])CC(O)(CC(=O)[O-])C(=O)[O-].[Bi+3].[Ca+2].[Ca+2]. The van der Waals surface area contributed by atoms with E-state index in [4.69, 9.17) is 5.11 Å². The molecule has 0 bridgehead atoms. The maximum atomic E-state index is 10.1. The summed E-state index contributed by atoms with van der Waals surface area (Å²) in [4.78, 5) is 30.0. The number of carboxylic acid groups (broad SMARTS) is 3. The Morgan fingerprint density at radius 2 is 1.19 bits per heavy atom. The number of hydrogen-bond acceptors (Lipinski definition) is 7. The van der Waals surface area contributed by atoms with E-state index in [0.717, 1.165) is 0 Å². The van der Waals surface area contributed by atoms with Gasteiger partial charge >= 0.3 is 102 Å². The van der Waals surface area contributed by atoms with Crippen LogP contribution in [0.1, 0.15) is 12.8 Å². The van der Waals surface area contributed by atoms with Gasteiger partial charge in [0, 0.05) is 24.8 Å². The first-order valence-electron chi connectivity index (χ1n) is 3.11. The smallest absolute Gasteiger partial charge is 0.550 e. The van der Waals surface area contributed by atoms with Crippen LogP contribution in [0.4, 0.5) is 0 Å². The standard InChI is InChI=1S/C6H8O7.Bi.2Ca/c7-3(8)1-6(13,5(11)12)2-4(9)10;;;/h13H,1-2H2,(H,7,8)(H,9,10)(H,11,12);;;/q;+3;2*+2/p-3. The molecule has 0 aromatic heterocycles. The summed E-state index contributed by atoms with van der Waals surface area (Å²) in [6, 6.07) is 0. The Morgan fingerprint density at radius 1 is 0.938 bits per heavy atom. The van der Waals surface area contributed by atoms with Crippen LogP contribution in [-0.4, -0.2) is 130 Å². The van der Waals surface area contributed by atoms with Gasteiger partial charge in [0.25, 0.3) is 0 Å². The molecule has 0 spiro atoms. The Morgan fingerprint density at radius 3 is 1.31 bits per heavy atom. The monoisotopic (exact) mass is 478 g/mol. The number of hydrogen-bond donors (Lipinski definition) is 1. The summed E-state index contributed by atoms with van der Waals surface area (Å²) >= 11 is 0. The number of rotatable bonds is 5. The molecule has 7 nitrogen and oxygen atoms in total. The van der Waals surface area contributed by atoms with E-state index in [1.807, 2.05) is 0 Å². The molecule has 0 saturated heterocycles. The van der Waals surface area contributed by atoms with Crippen molar-refractivity contribution in [3.8, 4) is 0 Å². The summed E-state index contributed by atoms with van der Waals surface area (Å²) in [6.45, 7) is 0. The molecule has 1 N–H and O–H groups in total. The molecule has 0 aliphatic heterocycles. The Kier molecular flexibility index (Phi) is 19.5. The molecule has 0 saturated carbocycles. The van der Waals surface area contributed by atoms with Gasteiger partial charge in [0.1, 0.15) is 5.60 Å². The molecular weight excluding hydrogens is 473 g/mol. The van der Waals surface area contributed by atoms with Crippen molar-refractivity contribution >= 4 is 120 Å². The molecule has 10 heteroatoms. The summed E-state index contributed by atoms with van der Waals surface area (Å²) in [7, 11) is 0.